The number of aryl methyl sites for hydroxylation is 1. The van der Waals surface area contributed by atoms with Gasteiger partial charge in [0.05, 0.1) is 12.1 Å². The second kappa shape index (κ2) is 5.52. The number of nitrogens with one attached hydrogen (secondary N) is 2. The van der Waals surface area contributed by atoms with Gasteiger partial charge in [0.15, 0.2) is 0 Å². The zero-order valence-corrected chi connectivity index (χ0v) is 12.1. The van der Waals surface area contributed by atoms with Crippen LogP contribution in [0.3, 0.4) is 0 Å². The molecule has 4 N–H and O–H groups in total. The van der Waals surface area contributed by atoms with Crippen LogP contribution in [0.5, 0.6) is 0 Å². The fourth-order valence-electron chi connectivity index (χ4n) is 2.21. The lowest BCUT2D eigenvalue weighted by Crippen LogP contribution is -2.43. The van der Waals surface area contributed by atoms with E-state index in [1.807, 2.05) is 0 Å². The highest BCUT2D eigenvalue weighted by atomic mass is 32.2. The number of carbonyl (C=O) groups excluding carboxylic acids is 1. The summed E-state index contributed by atoms with van der Waals surface area (Å²) in [5, 5.41) is 3.05. The molecule has 0 saturated carbocycles. The van der Waals surface area contributed by atoms with Gasteiger partial charge in [-0.3, -0.25) is 4.79 Å². The van der Waals surface area contributed by atoms with Gasteiger partial charge in [0.2, 0.25) is 10.0 Å². The van der Waals surface area contributed by atoms with Crippen LogP contribution in [0.1, 0.15) is 10.5 Å². The molecule has 2 heterocycles. The molecule has 20 heavy (non-hydrogen) atoms. The number of aromatic nitrogens is 1. The normalized spacial score (nSPS) is 23.1. The minimum absolute atomic E-state index is 0.00977. The topological polar surface area (TPSA) is 115 Å². The van der Waals surface area contributed by atoms with E-state index in [4.69, 9.17) is 10.5 Å². The maximum Gasteiger partial charge on any atom is 0.265 e. The van der Waals surface area contributed by atoms with Gasteiger partial charge >= 0.3 is 0 Å². The fourth-order valence-corrected chi connectivity index (χ4v) is 3.55. The molecule has 1 aromatic heterocycles. The smallest absolute Gasteiger partial charge is 0.265 e. The monoisotopic (exact) mass is 302 g/mol. The molecule has 0 bridgehead atoms. The van der Waals surface area contributed by atoms with Crippen molar-refractivity contribution in [2.75, 3.05) is 20.2 Å². The zero-order valence-electron chi connectivity index (χ0n) is 11.3. The van der Waals surface area contributed by atoms with E-state index in [-0.39, 0.29) is 22.7 Å². The number of primary amides is 1. The lowest BCUT2D eigenvalue weighted by Gasteiger charge is -2.18. The molecule has 0 spiro atoms. The Kier molecular flexibility index (Phi) is 4.14. The van der Waals surface area contributed by atoms with Crippen molar-refractivity contribution < 1.29 is 17.9 Å². The van der Waals surface area contributed by atoms with Crippen molar-refractivity contribution in [1.82, 2.24) is 14.6 Å². The molecule has 1 aliphatic heterocycles. The lowest BCUT2D eigenvalue weighted by molar-refractivity contribution is 0.0992. The number of carbonyl (C=O) groups is 1. The maximum absolute atomic E-state index is 12.3. The molecule has 8 nitrogen and oxygen atoms in total. The minimum atomic E-state index is -3.72. The number of nitrogens with zero attached hydrogens (tertiary/aromatic N) is 1. The number of hydrogen-bond acceptors (Lipinski definition) is 5. The number of amides is 1. The Morgan fingerprint density at radius 2 is 2.25 bits per heavy atom. The van der Waals surface area contributed by atoms with E-state index in [0.29, 0.717) is 13.1 Å². The first-order valence-electron chi connectivity index (χ1n) is 6.07. The molecule has 2 atom stereocenters. The van der Waals surface area contributed by atoms with Gasteiger partial charge in [-0.2, -0.15) is 0 Å². The van der Waals surface area contributed by atoms with E-state index in [0.717, 1.165) is 0 Å². The summed E-state index contributed by atoms with van der Waals surface area (Å²) in [6, 6.07) is 0.914. The maximum atomic E-state index is 12.3. The van der Waals surface area contributed by atoms with Crippen LogP contribution in [-0.4, -0.2) is 51.2 Å². The first-order chi connectivity index (χ1) is 9.35. The third-order valence-electron chi connectivity index (χ3n) is 3.31. The Hall–Kier alpha value is -1.42. The highest BCUT2D eigenvalue weighted by Gasteiger charge is 2.31. The van der Waals surface area contributed by atoms with E-state index in [9.17, 15) is 13.2 Å². The summed E-state index contributed by atoms with van der Waals surface area (Å²) in [6.45, 7) is 1.08. The Bertz CT molecular complexity index is 610. The van der Waals surface area contributed by atoms with E-state index in [1.54, 1.807) is 7.05 Å². The Balaban J connectivity index is 2.22. The molecule has 112 valence electrons. The van der Waals surface area contributed by atoms with Crippen LogP contribution in [0.2, 0.25) is 0 Å². The average Bonchev–Trinajstić information content (AvgIpc) is 2.95. The first-order valence-corrected chi connectivity index (χ1v) is 7.55. The third kappa shape index (κ3) is 2.85. The summed E-state index contributed by atoms with van der Waals surface area (Å²) in [5.74, 6) is -0.675. The van der Waals surface area contributed by atoms with Gasteiger partial charge in [-0.15, -0.1) is 0 Å². The summed E-state index contributed by atoms with van der Waals surface area (Å²) in [5.41, 5.74) is 5.31. The van der Waals surface area contributed by atoms with Crippen LogP contribution in [0.25, 0.3) is 0 Å². The van der Waals surface area contributed by atoms with Gasteiger partial charge in [-0.1, -0.05) is 0 Å². The molecule has 0 aromatic carbocycles. The van der Waals surface area contributed by atoms with Gasteiger partial charge in [0.25, 0.3) is 5.91 Å². The van der Waals surface area contributed by atoms with Gasteiger partial charge in [0, 0.05) is 33.4 Å². The number of methoxy groups -OCH3 is 1. The highest BCUT2D eigenvalue weighted by Crippen LogP contribution is 2.15. The Labute approximate surface area is 117 Å². The number of ether oxygens (including phenoxy) is 1. The molecular formula is C11H18N4O4S. The minimum Gasteiger partial charge on any atom is -0.378 e. The highest BCUT2D eigenvalue weighted by molar-refractivity contribution is 7.89. The standard InChI is InChI=1S/C11H18N4O4S/c1-15-6-7(3-9(15)11(12)16)20(17,18)14-8-4-13-5-10(8)19-2/h3,6,8,10,13-14H,4-5H2,1-2H3,(H2,12,16)/t8?,10-/m0/s1. The van der Waals surface area contributed by atoms with E-state index < -0.39 is 15.9 Å². The first kappa shape index (κ1) is 15.0. The zero-order chi connectivity index (χ0) is 14.9. The Morgan fingerprint density at radius 3 is 2.80 bits per heavy atom. The fraction of sp³-hybridized carbons (Fsp3) is 0.545. The second-order valence-corrected chi connectivity index (χ2v) is 6.41. The molecule has 1 aromatic rings. The molecule has 0 radical (unpaired) electrons. The van der Waals surface area contributed by atoms with Gasteiger partial charge < -0.3 is 20.4 Å². The van der Waals surface area contributed by atoms with Crippen LogP contribution in [0, 0.1) is 0 Å². The number of rotatable bonds is 5. The molecule has 9 heteroatoms. The van der Waals surface area contributed by atoms with E-state index in [1.165, 1.54) is 23.9 Å². The predicted octanol–water partition coefficient (Wildman–Crippen LogP) is -1.61. The summed E-state index contributed by atoms with van der Waals surface area (Å²) in [7, 11) is -0.622. The lowest BCUT2D eigenvalue weighted by atomic mass is 10.2. The van der Waals surface area contributed by atoms with Crippen molar-refractivity contribution in [3.8, 4) is 0 Å². The number of hydrogen-bond donors (Lipinski definition) is 3. The second-order valence-electron chi connectivity index (χ2n) is 4.70. The largest absolute Gasteiger partial charge is 0.378 e. The van der Waals surface area contributed by atoms with Gasteiger partial charge in [-0.25, -0.2) is 13.1 Å². The average molecular weight is 302 g/mol. The van der Waals surface area contributed by atoms with Crippen LogP contribution in [-0.2, 0) is 21.8 Å². The molecule has 0 aliphatic carbocycles. The van der Waals surface area contributed by atoms with E-state index >= 15 is 0 Å². The quantitative estimate of drug-likeness (QED) is 0.605. The van der Waals surface area contributed by atoms with Gasteiger partial charge in [-0.05, 0) is 6.07 Å². The van der Waals surface area contributed by atoms with Crippen molar-refractivity contribution in [2.24, 2.45) is 12.8 Å². The van der Waals surface area contributed by atoms with Crippen molar-refractivity contribution >= 4 is 15.9 Å². The van der Waals surface area contributed by atoms with E-state index in [2.05, 4.69) is 10.0 Å². The molecular weight excluding hydrogens is 284 g/mol. The summed E-state index contributed by atoms with van der Waals surface area (Å²) < 4.78 is 33.7. The van der Waals surface area contributed by atoms with Crippen LogP contribution < -0.4 is 15.8 Å². The van der Waals surface area contributed by atoms with Crippen molar-refractivity contribution in [3.05, 3.63) is 18.0 Å². The molecule has 1 amide bonds. The van der Waals surface area contributed by atoms with Crippen LogP contribution >= 0.6 is 0 Å². The predicted molar refractivity (Wildman–Crippen MR) is 71.7 cm³/mol. The molecule has 1 unspecified atom stereocenters. The van der Waals surface area contributed by atoms with Crippen LogP contribution in [0.4, 0.5) is 0 Å². The molecule has 1 aliphatic rings. The van der Waals surface area contributed by atoms with Crippen molar-refractivity contribution in [3.63, 3.8) is 0 Å². The van der Waals surface area contributed by atoms with Gasteiger partial charge in [0.1, 0.15) is 10.6 Å². The summed E-state index contributed by atoms with van der Waals surface area (Å²) in [4.78, 5) is 11.2. The third-order valence-corrected chi connectivity index (χ3v) is 4.77. The van der Waals surface area contributed by atoms with Crippen molar-refractivity contribution in [1.29, 1.82) is 0 Å². The Morgan fingerprint density at radius 1 is 1.55 bits per heavy atom. The number of nitrogens with two attached hydrogens (primary N) is 1. The molecule has 1 saturated heterocycles. The number of sulfonamides is 1. The van der Waals surface area contributed by atoms with Crippen LogP contribution in [0.15, 0.2) is 17.2 Å². The van der Waals surface area contributed by atoms with Crippen molar-refractivity contribution in [2.45, 2.75) is 17.0 Å². The summed E-state index contributed by atoms with van der Waals surface area (Å²) >= 11 is 0. The molecule has 2 rings (SSSR count). The SMILES string of the molecule is CO[C@H]1CNCC1NS(=O)(=O)c1cc(C(N)=O)n(C)c1. The summed E-state index contributed by atoms with van der Waals surface area (Å²) in [6.07, 6.45) is 1.14. The molecule has 1 fully saturated rings.